The Bertz CT molecular complexity index is 562. The number of carboxylic acid groups (broad SMARTS) is 1. The van der Waals surface area contributed by atoms with Crippen molar-refractivity contribution in [2.45, 2.75) is 17.9 Å². The quantitative estimate of drug-likeness (QED) is 0.874. The van der Waals surface area contributed by atoms with Crippen molar-refractivity contribution in [1.82, 2.24) is 0 Å². The monoisotopic (exact) mass is 296 g/mol. The van der Waals surface area contributed by atoms with E-state index in [1.165, 1.54) is 11.6 Å². The highest BCUT2D eigenvalue weighted by Gasteiger charge is 2.14. The molecule has 1 aromatic heterocycles. The summed E-state index contributed by atoms with van der Waals surface area (Å²) in [6.45, 7) is 1.99. The van der Waals surface area contributed by atoms with Crippen LogP contribution in [-0.4, -0.2) is 11.1 Å². The van der Waals surface area contributed by atoms with Crippen molar-refractivity contribution in [3.05, 3.63) is 58.5 Å². The van der Waals surface area contributed by atoms with Gasteiger partial charge in [0.25, 0.3) is 0 Å². The average molecular weight is 297 g/mol. The highest BCUT2D eigenvalue weighted by Crippen LogP contribution is 2.32. The Morgan fingerprint density at radius 3 is 2.58 bits per heavy atom. The molecule has 0 fully saturated rings. The van der Waals surface area contributed by atoms with E-state index < -0.39 is 5.97 Å². The highest BCUT2D eigenvalue weighted by molar-refractivity contribution is 7.98. The van der Waals surface area contributed by atoms with Gasteiger partial charge in [-0.1, -0.05) is 23.7 Å². The summed E-state index contributed by atoms with van der Waals surface area (Å²) in [5, 5.41) is 9.62. The van der Waals surface area contributed by atoms with Gasteiger partial charge in [-0.25, -0.2) is 4.79 Å². The Morgan fingerprint density at radius 1 is 1.32 bits per heavy atom. The predicted octanol–water partition coefficient (Wildman–Crippen LogP) is 4.63. The number of hydrogen-bond acceptors (Lipinski definition) is 3. The summed E-state index contributed by atoms with van der Waals surface area (Å²) in [4.78, 5) is 10.7. The Hall–Kier alpha value is -1.39. The van der Waals surface area contributed by atoms with E-state index in [9.17, 15) is 4.79 Å². The Morgan fingerprint density at radius 2 is 2.00 bits per heavy atom. The number of furan rings is 1. The number of carboxylic acids is 1. The molecule has 100 valence electrons. The van der Waals surface area contributed by atoms with Crippen molar-refractivity contribution in [2.24, 2.45) is 0 Å². The van der Waals surface area contributed by atoms with E-state index >= 15 is 0 Å². The van der Waals surface area contributed by atoms with Crippen LogP contribution < -0.4 is 0 Å². The lowest BCUT2D eigenvalue weighted by atomic mass is 10.2. The zero-order valence-electron chi connectivity index (χ0n) is 10.3. The van der Waals surface area contributed by atoms with Crippen LogP contribution in [0.3, 0.4) is 0 Å². The van der Waals surface area contributed by atoms with Crippen molar-refractivity contribution in [1.29, 1.82) is 0 Å². The van der Waals surface area contributed by atoms with Crippen molar-refractivity contribution in [3.8, 4) is 0 Å². The molecule has 19 heavy (non-hydrogen) atoms. The molecule has 0 aliphatic rings. The van der Waals surface area contributed by atoms with Crippen molar-refractivity contribution in [2.75, 3.05) is 0 Å². The molecular weight excluding hydrogens is 284 g/mol. The van der Waals surface area contributed by atoms with E-state index in [-0.39, 0.29) is 11.0 Å². The molecule has 1 unspecified atom stereocenters. The van der Waals surface area contributed by atoms with Crippen molar-refractivity contribution in [3.63, 3.8) is 0 Å². The minimum absolute atomic E-state index is 0.0195. The van der Waals surface area contributed by atoms with Gasteiger partial charge in [0.15, 0.2) is 0 Å². The molecule has 1 heterocycles. The second-order valence-electron chi connectivity index (χ2n) is 4.09. The maximum Gasteiger partial charge on any atom is 0.371 e. The lowest BCUT2D eigenvalue weighted by Crippen LogP contribution is -1.92. The summed E-state index contributed by atoms with van der Waals surface area (Å²) >= 11 is 7.51. The summed E-state index contributed by atoms with van der Waals surface area (Å²) in [6, 6.07) is 10.9. The summed E-state index contributed by atoms with van der Waals surface area (Å²) < 4.78 is 5.27. The van der Waals surface area contributed by atoms with E-state index in [1.54, 1.807) is 17.8 Å². The average Bonchev–Trinajstić information content (AvgIpc) is 2.87. The van der Waals surface area contributed by atoms with Gasteiger partial charge in [0.2, 0.25) is 5.76 Å². The molecular formula is C14H13ClO3S. The maximum atomic E-state index is 10.7. The normalized spacial score (nSPS) is 12.3. The molecule has 0 saturated heterocycles. The summed E-state index contributed by atoms with van der Waals surface area (Å²) in [5.74, 6) is 0.438. The minimum Gasteiger partial charge on any atom is -0.475 e. The fourth-order valence-corrected chi connectivity index (χ4v) is 2.62. The molecule has 2 rings (SSSR count). The van der Waals surface area contributed by atoms with Gasteiger partial charge in [-0.3, -0.25) is 0 Å². The Balaban J connectivity index is 1.95. The molecule has 0 bridgehead atoms. The number of benzene rings is 1. The van der Waals surface area contributed by atoms with Gasteiger partial charge in [0.1, 0.15) is 5.76 Å². The summed E-state index contributed by atoms with van der Waals surface area (Å²) in [5.41, 5.74) is 1.17. The highest BCUT2D eigenvalue weighted by atomic mass is 35.5. The fraction of sp³-hybridized carbons (Fsp3) is 0.214. The Labute approximate surface area is 120 Å². The smallest absolute Gasteiger partial charge is 0.371 e. The van der Waals surface area contributed by atoms with E-state index in [0.717, 1.165) is 10.8 Å². The number of aromatic carboxylic acids is 1. The minimum atomic E-state index is -1.04. The van der Waals surface area contributed by atoms with Gasteiger partial charge in [0, 0.05) is 10.8 Å². The molecule has 1 atom stereocenters. The second-order valence-corrected chi connectivity index (χ2v) is 5.85. The SMILES string of the molecule is CC(SCc1ccc(Cl)cc1)c1ccc(C(=O)O)o1. The standard InChI is InChI=1S/C14H13ClO3S/c1-9(12-6-7-13(18-12)14(16)17)19-8-10-2-4-11(15)5-3-10/h2-7,9H,8H2,1H3,(H,16,17). The van der Waals surface area contributed by atoms with Crippen LogP contribution in [0.1, 0.15) is 34.1 Å². The third-order valence-electron chi connectivity index (χ3n) is 2.65. The van der Waals surface area contributed by atoms with Crippen molar-refractivity contribution < 1.29 is 14.3 Å². The first-order valence-electron chi connectivity index (χ1n) is 5.75. The van der Waals surface area contributed by atoms with Crippen LogP contribution in [0.4, 0.5) is 0 Å². The molecule has 1 aromatic carbocycles. The molecule has 0 aliphatic heterocycles. The number of carbonyl (C=O) groups is 1. The number of rotatable bonds is 5. The fourth-order valence-electron chi connectivity index (χ4n) is 1.57. The van der Waals surface area contributed by atoms with E-state index in [4.69, 9.17) is 21.1 Å². The molecule has 0 saturated carbocycles. The Kier molecular flexibility index (Phi) is 4.56. The van der Waals surface area contributed by atoms with E-state index in [1.807, 2.05) is 31.2 Å². The summed E-state index contributed by atoms with van der Waals surface area (Å²) in [7, 11) is 0. The largest absolute Gasteiger partial charge is 0.475 e. The molecule has 0 spiro atoms. The molecule has 0 amide bonds. The van der Waals surface area contributed by atoms with Crippen LogP contribution in [0.5, 0.6) is 0 Å². The van der Waals surface area contributed by atoms with Crippen LogP contribution in [-0.2, 0) is 5.75 Å². The van der Waals surface area contributed by atoms with Crippen LogP contribution in [0, 0.1) is 0 Å². The third-order valence-corrected chi connectivity index (χ3v) is 4.14. The van der Waals surface area contributed by atoms with Gasteiger partial charge in [-0.05, 0) is 36.8 Å². The molecule has 0 radical (unpaired) electrons. The first kappa shape index (κ1) is 14.0. The first-order chi connectivity index (χ1) is 9.06. The lowest BCUT2D eigenvalue weighted by molar-refractivity contribution is 0.0660. The number of hydrogen-bond donors (Lipinski definition) is 1. The topological polar surface area (TPSA) is 50.4 Å². The molecule has 3 nitrogen and oxygen atoms in total. The van der Waals surface area contributed by atoms with Crippen LogP contribution in [0.15, 0.2) is 40.8 Å². The zero-order chi connectivity index (χ0) is 13.8. The molecule has 5 heteroatoms. The molecule has 0 aliphatic carbocycles. The van der Waals surface area contributed by atoms with Crippen LogP contribution in [0.25, 0.3) is 0 Å². The van der Waals surface area contributed by atoms with Crippen molar-refractivity contribution >= 4 is 29.3 Å². The third kappa shape index (κ3) is 3.78. The maximum absolute atomic E-state index is 10.7. The van der Waals surface area contributed by atoms with Gasteiger partial charge < -0.3 is 9.52 Å². The van der Waals surface area contributed by atoms with Gasteiger partial charge in [-0.2, -0.15) is 0 Å². The lowest BCUT2D eigenvalue weighted by Gasteiger charge is -2.08. The first-order valence-corrected chi connectivity index (χ1v) is 7.18. The molecule has 1 N–H and O–H groups in total. The second kappa shape index (κ2) is 6.17. The number of halogens is 1. The molecule has 2 aromatic rings. The van der Waals surface area contributed by atoms with Gasteiger partial charge in [0.05, 0.1) is 5.25 Å². The van der Waals surface area contributed by atoms with Gasteiger partial charge in [-0.15, -0.1) is 11.8 Å². The van der Waals surface area contributed by atoms with Crippen LogP contribution >= 0.6 is 23.4 Å². The van der Waals surface area contributed by atoms with E-state index in [0.29, 0.717) is 5.76 Å². The van der Waals surface area contributed by atoms with Crippen LogP contribution in [0.2, 0.25) is 5.02 Å². The number of thioether (sulfide) groups is 1. The zero-order valence-corrected chi connectivity index (χ0v) is 11.9. The van der Waals surface area contributed by atoms with E-state index in [2.05, 4.69) is 0 Å². The summed E-state index contributed by atoms with van der Waals surface area (Å²) in [6.07, 6.45) is 0. The van der Waals surface area contributed by atoms with Gasteiger partial charge >= 0.3 is 5.97 Å². The predicted molar refractivity (Wildman–Crippen MR) is 76.8 cm³/mol.